The average Bonchev–Trinajstić information content (AvgIpc) is 2.70. The largest absolute Gasteiger partial charge is 0.490 e. The predicted octanol–water partition coefficient (Wildman–Crippen LogP) is 2.77. The quantitative estimate of drug-likeness (QED) is 0.651. The maximum atomic E-state index is 6.08. The van der Waals surface area contributed by atoms with E-state index in [1.807, 2.05) is 68.6 Å². The molecular weight excluding hydrogens is 338 g/mol. The molecule has 144 valence electrons. The summed E-state index contributed by atoms with van der Waals surface area (Å²) in [4.78, 5) is 13.1. The molecule has 0 amide bonds. The van der Waals surface area contributed by atoms with Gasteiger partial charge in [0.1, 0.15) is 17.7 Å². The zero-order chi connectivity index (χ0) is 19.1. The molecule has 1 saturated heterocycles. The Morgan fingerprint density at radius 3 is 2.63 bits per heavy atom. The van der Waals surface area contributed by atoms with E-state index in [0.717, 1.165) is 50.0 Å². The summed E-state index contributed by atoms with van der Waals surface area (Å²) in [6.45, 7) is 2.61. The van der Waals surface area contributed by atoms with E-state index in [2.05, 4.69) is 26.3 Å². The fraction of sp³-hybridized carbons (Fsp3) is 0.429. The summed E-state index contributed by atoms with van der Waals surface area (Å²) in [6.07, 6.45) is 4.11. The van der Waals surface area contributed by atoms with Crippen LogP contribution in [0.3, 0.4) is 0 Å². The minimum Gasteiger partial charge on any atom is -0.490 e. The Morgan fingerprint density at radius 1 is 1.22 bits per heavy atom. The molecule has 1 N–H and O–H groups in total. The van der Waals surface area contributed by atoms with Crippen molar-refractivity contribution in [3.63, 3.8) is 0 Å². The number of anilines is 1. The number of para-hydroxylation sites is 1. The molecule has 6 nitrogen and oxygen atoms in total. The number of hydrogen-bond donors (Lipinski definition) is 1. The minimum atomic E-state index is 0.268. The van der Waals surface area contributed by atoms with Gasteiger partial charge in [0.25, 0.3) is 0 Å². The van der Waals surface area contributed by atoms with Gasteiger partial charge in [-0.3, -0.25) is 4.99 Å². The van der Waals surface area contributed by atoms with Crippen LogP contribution >= 0.6 is 0 Å². The number of guanidine groups is 1. The van der Waals surface area contributed by atoms with E-state index >= 15 is 0 Å². The molecule has 0 unspecified atom stereocenters. The molecule has 0 radical (unpaired) electrons. The van der Waals surface area contributed by atoms with Crippen molar-refractivity contribution in [1.82, 2.24) is 15.2 Å². The normalized spacial score (nSPS) is 15.5. The molecule has 1 aromatic heterocycles. The second-order valence-electron chi connectivity index (χ2n) is 6.93. The van der Waals surface area contributed by atoms with Crippen LogP contribution in [0.2, 0.25) is 0 Å². The zero-order valence-electron chi connectivity index (χ0n) is 16.4. The first-order valence-electron chi connectivity index (χ1n) is 9.45. The van der Waals surface area contributed by atoms with Gasteiger partial charge in [-0.05, 0) is 29.8 Å². The van der Waals surface area contributed by atoms with Gasteiger partial charge in [-0.2, -0.15) is 0 Å². The van der Waals surface area contributed by atoms with Crippen molar-refractivity contribution in [1.29, 1.82) is 0 Å². The molecule has 27 heavy (non-hydrogen) atoms. The van der Waals surface area contributed by atoms with Crippen LogP contribution in [-0.2, 0) is 6.54 Å². The predicted molar refractivity (Wildman–Crippen MR) is 110 cm³/mol. The summed E-state index contributed by atoms with van der Waals surface area (Å²) in [7, 11) is 5.84. The molecule has 1 aliphatic heterocycles. The van der Waals surface area contributed by atoms with E-state index < -0.39 is 0 Å². The van der Waals surface area contributed by atoms with E-state index in [4.69, 9.17) is 4.74 Å². The van der Waals surface area contributed by atoms with Gasteiger partial charge in [0, 0.05) is 59.8 Å². The maximum Gasteiger partial charge on any atom is 0.193 e. The monoisotopic (exact) mass is 367 g/mol. The van der Waals surface area contributed by atoms with E-state index in [1.54, 1.807) is 0 Å². The Balaban J connectivity index is 1.50. The van der Waals surface area contributed by atoms with Crippen LogP contribution in [0.5, 0.6) is 5.75 Å². The Kier molecular flexibility index (Phi) is 6.52. The van der Waals surface area contributed by atoms with Crippen molar-refractivity contribution in [3.05, 3.63) is 54.2 Å². The number of benzene rings is 1. The Bertz CT molecular complexity index is 739. The number of ether oxygens (including phenoxy) is 1. The van der Waals surface area contributed by atoms with Gasteiger partial charge < -0.3 is 19.9 Å². The van der Waals surface area contributed by atoms with E-state index in [0.29, 0.717) is 0 Å². The third-order valence-corrected chi connectivity index (χ3v) is 4.72. The summed E-state index contributed by atoms with van der Waals surface area (Å²) >= 11 is 0. The Labute approximate surface area is 161 Å². The van der Waals surface area contributed by atoms with Crippen LogP contribution in [-0.4, -0.2) is 56.2 Å². The number of aliphatic imine (C=N–C) groups is 1. The van der Waals surface area contributed by atoms with Gasteiger partial charge in [-0.15, -0.1) is 0 Å². The molecule has 0 atom stereocenters. The highest BCUT2D eigenvalue weighted by atomic mass is 16.5. The summed E-state index contributed by atoms with van der Waals surface area (Å²) < 4.78 is 6.08. The fourth-order valence-corrected chi connectivity index (χ4v) is 3.21. The number of pyridine rings is 1. The number of nitrogens with zero attached hydrogens (tertiary/aromatic N) is 4. The summed E-state index contributed by atoms with van der Waals surface area (Å²) in [5.74, 6) is 2.85. The third kappa shape index (κ3) is 5.36. The summed E-state index contributed by atoms with van der Waals surface area (Å²) in [5, 5.41) is 3.47. The van der Waals surface area contributed by atoms with Gasteiger partial charge in [-0.25, -0.2) is 4.98 Å². The number of rotatable bonds is 5. The van der Waals surface area contributed by atoms with Gasteiger partial charge in [-0.1, -0.05) is 18.2 Å². The second kappa shape index (κ2) is 9.26. The van der Waals surface area contributed by atoms with Crippen molar-refractivity contribution in [2.75, 3.05) is 39.1 Å². The van der Waals surface area contributed by atoms with E-state index in [1.165, 1.54) is 5.56 Å². The smallest absolute Gasteiger partial charge is 0.193 e. The first kappa shape index (κ1) is 19.0. The lowest BCUT2D eigenvalue weighted by atomic mass is 10.1. The Morgan fingerprint density at radius 2 is 1.96 bits per heavy atom. The molecule has 3 rings (SSSR count). The van der Waals surface area contributed by atoms with E-state index in [9.17, 15) is 0 Å². The highest BCUT2D eigenvalue weighted by Gasteiger charge is 2.22. The lowest BCUT2D eigenvalue weighted by Crippen LogP contribution is -2.47. The molecule has 0 spiro atoms. The van der Waals surface area contributed by atoms with Crippen molar-refractivity contribution in [2.45, 2.75) is 25.5 Å². The Hall–Kier alpha value is -2.76. The molecule has 2 aromatic rings. The lowest BCUT2D eigenvalue weighted by Gasteiger charge is -2.34. The second-order valence-corrected chi connectivity index (χ2v) is 6.93. The van der Waals surface area contributed by atoms with Crippen molar-refractivity contribution in [2.24, 2.45) is 4.99 Å². The van der Waals surface area contributed by atoms with Crippen molar-refractivity contribution in [3.8, 4) is 5.75 Å². The molecule has 0 bridgehead atoms. The standard InChI is InChI=1S/C21H29N5O/c1-22-21(24-16-17-9-12-23-20(15-17)25(2)3)26-13-10-19(11-14-26)27-18-7-5-4-6-8-18/h4-9,12,15,19H,10-11,13-14,16H2,1-3H3,(H,22,24). The molecule has 1 aromatic carbocycles. The number of hydrogen-bond acceptors (Lipinski definition) is 4. The summed E-state index contributed by atoms with van der Waals surface area (Å²) in [5.41, 5.74) is 1.19. The molecule has 0 aliphatic carbocycles. The van der Waals surface area contributed by atoms with Crippen LogP contribution in [0.15, 0.2) is 53.7 Å². The first-order valence-corrected chi connectivity index (χ1v) is 9.45. The molecule has 2 heterocycles. The number of nitrogens with one attached hydrogen (secondary N) is 1. The van der Waals surface area contributed by atoms with Crippen LogP contribution < -0.4 is 15.0 Å². The maximum absolute atomic E-state index is 6.08. The van der Waals surface area contributed by atoms with Crippen LogP contribution in [0.1, 0.15) is 18.4 Å². The van der Waals surface area contributed by atoms with Crippen LogP contribution in [0.4, 0.5) is 5.82 Å². The minimum absolute atomic E-state index is 0.268. The molecule has 0 saturated carbocycles. The molecular formula is C21H29N5O. The van der Waals surface area contributed by atoms with Gasteiger partial charge in [0.15, 0.2) is 5.96 Å². The van der Waals surface area contributed by atoms with Crippen LogP contribution in [0.25, 0.3) is 0 Å². The topological polar surface area (TPSA) is 53.0 Å². The molecule has 1 aliphatic rings. The number of likely N-dealkylation sites (tertiary alicyclic amines) is 1. The number of aromatic nitrogens is 1. The highest BCUT2D eigenvalue weighted by Crippen LogP contribution is 2.19. The SMILES string of the molecule is CN=C(NCc1ccnc(N(C)C)c1)N1CCC(Oc2ccccc2)CC1. The first-order chi connectivity index (χ1) is 13.2. The van der Waals surface area contributed by atoms with Crippen molar-refractivity contribution < 1.29 is 4.74 Å². The van der Waals surface area contributed by atoms with E-state index in [-0.39, 0.29) is 6.10 Å². The molecule has 1 fully saturated rings. The van der Waals surface area contributed by atoms with Crippen molar-refractivity contribution >= 4 is 11.8 Å². The van der Waals surface area contributed by atoms with Gasteiger partial charge >= 0.3 is 0 Å². The fourth-order valence-electron chi connectivity index (χ4n) is 3.21. The molecule has 6 heteroatoms. The van der Waals surface area contributed by atoms with Gasteiger partial charge in [0.05, 0.1) is 0 Å². The number of piperidine rings is 1. The zero-order valence-corrected chi connectivity index (χ0v) is 16.4. The average molecular weight is 367 g/mol. The summed E-state index contributed by atoms with van der Waals surface area (Å²) in [6, 6.07) is 14.2. The lowest BCUT2D eigenvalue weighted by molar-refractivity contribution is 0.129. The van der Waals surface area contributed by atoms with Crippen LogP contribution in [0, 0.1) is 0 Å². The third-order valence-electron chi connectivity index (χ3n) is 4.72. The van der Waals surface area contributed by atoms with Gasteiger partial charge in [0.2, 0.25) is 0 Å². The highest BCUT2D eigenvalue weighted by molar-refractivity contribution is 5.80.